The molecule has 2 N–H and O–H groups in total. The summed E-state index contributed by atoms with van der Waals surface area (Å²) in [5, 5.41) is 7.58. The van der Waals surface area contributed by atoms with Crippen LogP contribution < -0.4 is 5.84 Å². The Balaban J connectivity index is 0. The molecule has 32 valence electrons. The molecule has 0 aromatic carbocycles. The summed E-state index contributed by atoms with van der Waals surface area (Å²) in [5.41, 5.74) is 0. The zero-order chi connectivity index (χ0) is 3.58. The molecule has 0 radical (unpaired) electrons. The minimum atomic E-state index is -1.00. The van der Waals surface area contributed by atoms with Crippen molar-refractivity contribution in [2.45, 2.75) is 0 Å². The molecule has 0 aromatic rings. The van der Waals surface area contributed by atoms with Crippen molar-refractivity contribution >= 4 is 0 Å². The summed E-state index contributed by atoms with van der Waals surface area (Å²) in [7, 11) is 0. The standard InChI is InChI=1S/FH.H2N2O2/c;1-2(3)4/h1H;1H2. The van der Waals surface area contributed by atoms with Gasteiger partial charge in [0, 0.05) is 0 Å². The maximum absolute atomic E-state index is 8.58. The summed E-state index contributed by atoms with van der Waals surface area (Å²) in [6.45, 7) is 0. The Morgan fingerprint density at radius 3 is 1.80 bits per heavy atom. The van der Waals surface area contributed by atoms with Crippen molar-refractivity contribution < 1.29 is 9.74 Å². The Labute approximate surface area is 27.1 Å². The fourth-order valence-corrected chi connectivity index (χ4v) is 0. The molecule has 0 atom stereocenters. The van der Waals surface area contributed by atoms with Gasteiger partial charge in [-0.05, 0) is 0 Å². The molecular weight excluding hydrogens is 79.0 g/mol. The molecule has 4 nitrogen and oxygen atoms in total. The van der Waals surface area contributed by atoms with Crippen LogP contribution in [0.25, 0.3) is 0 Å². The third kappa shape index (κ3) is 5.28. The Morgan fingerprint density at radius 2 is 1.80 bits per heavy atom. The molecule has 0 heterocycles. The molecule has 0 bridgehead atoms. The molecule has 0 spiro atoms. The van der Waals surface area contributed by atoms with E-state index < -0.39 is 5.03 Å². The van der Waals surface area contributed by atoms with Gasteiger partial charge in [0.2, 0.25) is 0 Å². The molecule has 0 saturated carbocycles. The number of hydrogen-bond donors (Lipinski definition) is 1. The zero-order valence-electron chi connectivity index (χ0n) is 2.25. The van der Waals surface area contributed by atoms with Gasteiger partial charge in [-0.1, -0.05) is 0 Å². The fourth-order valence-electron chi connectivity index (χ4n) is 0. The molecule has 0 aromatic heterocycles. The van der Waals surface area contributed by atoms with Gasteiger partial charge in [0.05, 0.1) is 0 Å². The smallest absolute Gasteiger partial charge is 0.154 e. The van der Waals surface area contributed by atoms with E-state index in [0.717, 1.165) is 0 Å². The van der Waals surface area contributed by atoms with Crippen LogP contribution in [0.5, 0.6) is 0 Å². The van der Waals surface area contributed by atoms with Crippen molar-refractivity contribution in [2.75, 3.05) is 0 Å². The molecule has 0 unspecified atom stereocenters. The first-order valence-electron chi connectivity index (χ1n) is 0.623. The van der Waals surface area contributed by atoms with Gasteiger partial charge >= 0.3 is 0 Å². The molecular formula is H3FN2O2. The van der Waals surface area contributed by atoms with Gasteiger partial charge < -0.3 is 0 Å². The van der Waals surface area contributed by atoms with Gasteiger partial charge in [-0.3, -0.25) is 4.70 Å². The third-order valence-corrected chi connectivity index (χ3v) is 0. The molecule has 0 aliphatic rings. The first-order chi connectivity index (χ1) is 1.73. The highest BCUT2D eigenvalue weighted by Gasteiger charge is 1.57. The maximum Gasteiger partial charge on any atom is 0.154 e. The number of nitro groups is 1. The second-order valence-electron chi connectivity index (χ2n) is 0.285. The van der Waals surface area contributed by atoms with Crippen molar-refractivity contribution in [1.29, 1.82) is 0 Å². The van der Waals surface area contributed by atoms with Crippen LogP contribution in [0.15, 0.2) is 0 Å². The lowest BCUT2D eigenvalue weighted by Gasteiger charge is -1.61. The van der Waals surface area contributed by atoms with Crippen LogP contribution in [-0.2, 0) is 0 Å². The molecule has 0 fully saturated rings. The SMILES string of the molecule is F.N[N+](=O)[O-]. The lowest BCUT2D eigenvalue weighted by molar-refractivity contribution is -0.491. The minimum absolute atomic E-state index is 0. The van der Waals surface area contributed by atoms with E-state index in [4.69, 9.17) is 10.1 Å². The van der Waals surface area contributed by atoms with E-state index in [1.54, 1.807) is 0 Å². The van der Waals surface area contributed by atoms with Crippen LogP contribution in [-0.4, -0.2) is 5.03 Å². The van der Waals surface area contributed by atoms with Crippen LogP contribution in [0.3, 0.4) is 0 Å². The molecule has 0 aliphatic carbocycles. The van der Waals surface area contributed by atoms with Crippen molar-refractivity contribution in [1.82, 2.24) is 0 Å². The quantitative estimate of drug-likeness (QED) is 0.238. The lowest BCUT2D eigenvalue weighted by Crippen LogP contribution is -2.04. The minimum Gasteiger partial charge on any atom is -0.269 e. The largest absolute Gasteiger partial charge is 0.269 e. The third-order valence-electron chi connectivity index (χ3n) is 0. The van der Waals surface area contributed by atoms with E-state index in [1.807, 2.05) is 0 Å². The van der Waals surface area contributed by atoms with E-state index in [2.05, 4.69) is 5.84 Å². The Bertz CT molecular complexity index is 30.6. The van der Waals surface area contributed by atoms with Crippen LogP contribution >= 0.6 is 0 Å². The number of rotatable bonds is 0. The predicted octanol–water partition coefficient (Wildman–Crippen LogP) is -0.711. The normalized spacial score (nSPS) is 4.80. The number of nitrogens with zero attached hydrogens (tertiary/aromatic N) is 1. The second-order valence-corrected chi connectivity index (χ2v) is 0.285. The van der Waals surface area contributed by atoms with Gasteiger partial charge in [-0.15, -0.1) is 0 Å². The number of hydrogen-bond acceptors (Lipinski definition) is 2. The fraction of sp³-hybridized carbons (Fsp3) is 0. The van der Waals surface area contributed by atoms with Gasteiger partial charge in [0.1, 0.15) is 0 Å². The van der Waals surface area contributed by atoms with Crippen LogP contribution in [0, 0.1) is 10.1 Å². The lowest BCUT2D eigenvalue weighted by atomic mass is 12.8. The van der Waals surface area contributed by atoms with E-state index in [9.17, 15) is 0 Å². The number of halogens is 1. The highest BCUT2D eigenvalue weighted by molar-refractivity contribution is 3.87. The summed E-state index contributed by atoms with van der Waals surface area (Å²) in [6.07, 6.45) is 0. The Morgan fingerprint density at radius 1 is 1.80 bits per heavy atom. The summed E-state index contributed by atoms with van der Waals surface area (Å²) < 4.78 is 0. The average molecular weight is 82.0 g/mol. The first kappa shape index (κ1) is 8.92. The molecule has 0 amide bonds. The summed E-state index contributed by atoms with van der Waals surface area (Å²) in [4.78, 5) is 8.58. The van der Waals surface area contributed by atoms with Crippen LogP contribution in [0.1, 0.15) is 0 Å². The van der Waals surface area contributed by atoms with E-state index in [1.165, 1.54) is 0 Å². The summed E-state index contributed by atoms with van der Waals surface area (Å²) >= 11 is 0. The van der Waals surface area contributed by atoms with Gasteiger partial charge in [-0.2, -0.15) is 5.84 Å². The molecule has 5 heavy (non-hydrogen) atoms. The van der Waals surface area contributed by atoms with Crippen molar-refractivity contribution in [3.8, 4) is 0 Å². The van der Waals surface area contributed by atoms with Crippen LogP contribution in [0.2, 0.25) is 0 Å². The molecule has 0 rings (SSSR count). The van der Waals surface area contributed by atoms with Gasteiger partial charge in [-0.25, -0.2) is 10.1 Å². The predicted molar refractivity (Wildman–Crippen MR) is 13.7 cm³/mol. The van der Waals surface area contributed by atoms with E-state index in [-0.39, 0.29) is 4.70 Å². The van der Waals surface area contributed by atoms with Gasteiger partial charge in [0.15, 0.2) is 5.03 Å². The number of nitrogens with two attached hydrogens (primary N) is 1. The molecule has 5 heteroatoms. The maximum atomic E-state index is 8.58. The second kappa shape index (κ2) is 3.13. The average Bonchev–Trinajstić information content (AvgIpc) is 0.811. The Kier molecular flexibility index (Phi) is 5.58. The molecule has 0 aliphatic heterocycles. The van der Waals surface area contributed by atoms with Crippen molar-refractivity contribution in [3.63, 3.8) is 0 Å². The summed E-state index contributed by atoms with van der Waals surface area (Å²) in [6, 6.07) is 0. The zero-order valence-corrected chi connectivity index (χ0v) is 2.25. The van der Waals surface area contributed by atoms with E-state index in [0.29, 0.717) is 0 Å². The van der Waals surface area contributed by atoms with Gasteiger partial charge in [0.25, 0.3) is 0 Å². The van der Waals surface area contributed by atoms with Crippen LogP contribution in [0.4, 0.5) is 4.70 Å². The highest BCUT2D eigenvalue weighted by Crippen LogP contribution is 1.29. The monoisotopic (exact) mass is 82.0 g/mol. The van der Waals surface area contributed by atoms with E-state index >= 15 is 0 Å². The van der Waals surface area contributed by atoms with Crippen molar-refractivity contribution in [3.05, 3.63) is 10.1 Å². The highest BCUT2D eigenvalue weighted by atomic mass is 19.0. The van der Waals surface area contributed by atoms with Crippen molar-refractivity contribution in [2.24, 2.45) is 5.84 Å². The Hall–Kier alpha value is -0.870. The summed E-state index contributed by atoms with van der Waals surface area (Å²) in [5.74, 6) is 3.83. The number of hydrazine groups is 1. The molecule has 0 saturated heterocycles. The topological polar surface area (TPSA) is 69.2 Å². The first-order valence-corrected chi connectivity index (χ1v) is 0.623.